The van der Waals surface area contributed by atoms with Crippen LogP contribution in [-0.2, 0) is 0 Å². The summed E-state index contributed by atoms with van der Waals surface area (Å²) < 4.78 is 5.51. The monoisotopic (exact) mass is 281 g/mol. The molecule has 0 heterocycles. The van der Waals surface area contributed by atoms with Crippen molar-refractivity contribution in [1.29, 1.82) is 0 Å². The number of nitrogens with zero attached hydrogens (tertiary/aromatic N) is 2. The number of hydrogen-bond acceptors (Lipinski definition) is 5. The highest BCUT2D eigenvalue weighted by Gasteiger charge is 2.17. The first-order valence-electron chi connectivity index (χ1n) is 6.66. The van der Waals surface area contributed by atoms with E-state index in [1.807, 2.05) is 27.9 Å². The molecule has 1 aromatic carbocycles. The number of nitro benzene ring substituents is 1. The molecule has 0 aromatic heterocycles. The average molecular weight is 281 g/mol. The standard InChI is InChI=1S/C14H23N3O3/c1-10(2)20-14-8-12(6-7-13(14)17(18)19)15-9-11(3)16(4)5/h6-8,10-11,15H,9H2,1-5H3. The lowest BCUT2D eigenvalue weighted by atomic mass is 10.2. The van der Waals surface area contributed by atoms with E-state index in [1.54, 1.807) is 12.1 Å². The average Bonchev–Trinajstić information content (AvgIpc) is 2.34. The van der Waals surface area contributed by atoms with E-state index in [9.17, 15) is 10.1 Å². The van der Waals surface area contributed by atoms with E-state index in [4.69, 9.17) is 4.74 Å². The van der Waals surface area contributed by atoms with E-state index in [-0.39, 0.29) is 11.8 Å². The van der Waals surface area contributed by atoms with Gasteiger partial charge in [-0.2, -0.15) is 0 Å². The normalized spacial score (nSPS) is 12.6. The second-order valence-corrected chi connectivity index (χ2v) is 5.30. The maximum atomic E-state index is 11.0. The van der Waals surface area contributed by atoms with Crippen LogP contribution in [0.25, 0.3) is 0 Å². The van der Waals surface area contributed by atoms with Crippen LogP contribution < -0.4 is 10.1 Å². The molecule has 1 N–H and O–H groups in total. The maximum Gasteiger partial charge on any atom is 0.311 e. The molecule has 1 rings (SSSR count). The van der Waals surface area contributed by atoms with Gasteiger partial charge in [-0.25, -0.2) is 0 Å². The predicted octanol–water partition coefficient (Wildman–Crippen LogP) is 2.74. The predicted molar refractivity (Wildman–Crippen MR) is 80.5 cm³/mol. The Morgan fingerprint density at radius 1 is 1.35 bits per heavy atom. The summed E-state index contributed by atoms with van der Waals surface area (Å²) in [4.78, 5) is 12.6. The van der Waals surface area contributed by atoms with E-state index in [2.05, 4.69) is 17.1 Å². The van der Waals surface area contributed by atoms with Crippen molar-refractivity contribution in [2.75, 3.05) is 26.0 Å². The van der Waals surface area contributed by atoms with Crippen LogP contribution in [0.4, 0.5) is 11.4 Å². The van der Waals surface area contributed by atoms with Crippen molar-refractivity contribution in [3.63, 3.8) is 0 Å². The van der Waals surface area contributed by atoms with Crippen LogP contribution in [0.15, 0.2) is 18.2 Å². The molecule has 112 valence electrons. The highest BCUT2D eigenvalue weighted by molar-refractivity contribution is 5.58. The molecule has 20 heavy (non-hydrogen) atoms. The van der Waals surface area contributed by atoms with Crippen LogP contribution in [0.1, 0.15) is 20.8 Å². The van der Waals surface area contributed by atoms with Gasteiger partial charge in [-0.3, -0.25) is 10.1 Å². The molecule has 1 unspecified atom stereocenters. The SMILES string of the molecule is CC(C)Oc1cc(NCC(C)N(C)C)ccc1[N+](=O)[O-]. The Balaban J connectivity index is 2.86. The Morgan fingerprint density at radius 2 is 2.00 bits per heavy atom. The topological polar surface area (TPSA) is 67.6 Å². The fourth-order valence-electron chi connectivity index (χ4n) is 1.57. The molecule has 6 nitrogen and oxygen atoms in total. The minimum Gasteiger partial charge on any atom is -0.484 e. The molecule has 0 radical (unpaired) electrons. The molecule has 0 amide bonds. The molecule has 0 aliphatic carbocycles. The van der Waals surface area contributed by atoms with Crippen LogP contribution >= 0.6 is 0 Å². The lowest BCUT2D eigenvalue weighted by Gasteiger charge is -2.21. The maximum absolute atomic E-state index is 11.0. The Hall–Kier alpha value is -1.82. The Morgan fingerprint density at radius 3 is 2.50 bits per heavy atom. The highest BCUT2D eigenvalue weighted by Crippen LogP contribution is 2.30. The second kappa shape index (κ2) is 7.09. The fraction of sp³-hybridized carbons (Fsp3) is 0.571. The van der Waals surface area contributed by atoms with E-state index >= 15 is 0 Å². The van der Waals surface area contributed by atoms with Gasteiger partial charge in [0.05, 0.1) is 11.0 Å². The van der Waals surface area contributed by atoms with Crippen LogP contribution in [0.2, 0.25) is 0 Å². The number of anilines is 1. The third-order valence-corrected chi connectivity index (χ3v) is 3.00. The summed E-state index contributed by atoms with van der Waals surface area (Å²) in [5.41, 5.74) is 0.810. The van der Waals surface area contributed by atoms with Crippen LogP contribution in [0, 0.1) is 10.1 Å². The zero-order valence-corrected chi connectivity index (χ0v) is 12.7. The van der Waals surface area contributed by atoms with E-state index < -0.39 is 4.92 Å². The molecule has 0 saturated heterocycles. The third-order valence-electron chi connectivity index (χ3n) is 3.00. The van der Waals surface area contributed by atoms with Crippen molar-refractivity contribution in [3.8, 4) is 5.75 Å². The lowest BCUT2D eigenvalue weighted by Crippen LogP contribution is -2.31. The summed E-state index contributed by atoms with van der Waals surface area (Å²) >= 11 is 0. The quantitative estimate of drug-likeness (QED) is 0.615. The molecular formula is C14H23N3O3. The van der Waals surface area contributed by atoms with Crippen molar-refractivity contribution < 1.29 is 9.66 Å². The first-order valence-corrected chi connectivity index (χ1v) is 6.66. The summed E-state index contributed by atoms with van der Waals surface area (Å²) in [7, 11) is 4.02. The summed E-state index contributed by atoms with van der Waals surface area (Å²) in [6, 6.07) is 5.22. The van der Waals surface area contributed by atoms with Gasteiger partial charge in [0.1, 0.15) is 0 Å². The van der Waals surface area contributed by atoms with Gasteiger partial charge in [0.15, 0.2) is 5.75 Å². The first kappa shape index (κ1) is 16.2. The number of rotatable bonds is 7. The number of nitrogens with one attached hydrogen (secondary N) is 1. The van der Waals surface area contributed by atoms with Gasteiger partial charge in [0.25, 0.3) is 0 Å². The van der Waals surface area contributed by atoms with Crippen LogP contribution in [0.5, 0.6) is 5.75 Å². The third kappa shape index (κ3) is 4.70. The van der Waals surface area contributed by atoms with Gasteiger partial charge >= 0.3 is 5.69 Å². The Labute approximate surface area is 119 Å². The molecule has 0 saturated carbocycles. The Kier molecular flexibility index (Phi) is 5.76. The number of benzene rings is 1. The number of likely N-dealkylation sites (N-methyl/N-ethyl adjacent to an activating group) is 1. The van der Waals surface area contributed by atoms with Gasteiger partial charge in [0, 0.05) is 30.4 Å². The van der Waals surface area contributed by atoms with Gasteiger partial charge in [0.2, 0.25) is 0 Å². The summed E-state index contributed by atoms with van der Waals surface area (Å²) in [5.74, 6) is 0.299. The van der Waals surface area contributed by atoms with E-state index in [1.165, 1.54) is 6.07 Å². The van der Waals surface area contributed by atoms with Crippen molar-refractivity contribution in [3.05, 3.63) is 28.3 Å². The summed E-state index contributed by atoms with van der Waals surface area (Å²) in [6.45, 7) is 6.55. The molecular weight excluding hydrogens is 258 g/mol. The van der Waals surface area contributed by atoms with Crippen LogP contribution in [0.3, 0.4) is 0 Å². The zero-order valence-electron chi connectivity index (χ0n) is 12.7. The molecule has 0 bridgehead atoms. The Bertz CT molecular complexity index is 461. The number of hydrogen-bond donors (Lipinski definition) is 1. The lowest BCUT2D eigenvalue weighted by molar-refractivity contribution is -0.386. The minimum atomic E-state index is -0.427. The zero-order chi connectivity index (χ0) is 15.3. The van der Waals surface area contributed by atoms with E-state index in [0.29, 0.717) is 11.8 Å². The largest absolute Gasteiger partial charge is 0.484 e. The number of nitro groups is 1. The highest BCUT2D eigenvalue weighted by atomic mass is 16.6. The van der Waals surface area contributed by atoms with Gasteiger partial charge in [-0.1, -0.05) is 0 Å². The fourth-order valence-corrected chi connectivity index (χ4v) is 1.57. The smallest absolute Gasteiger partial charge is 0.311 e. The van der Waals surface area contributed by atoms with Gasteiger partial charge in [-0.15, -0.1) is 0 Å². The van der Waals surface area contributed by atoms with Crippen molar-refractivity contribution in [1.82, 2.24) is 4.90 Å². The molecule has 1 aromatic rings. The second-order valence-electron chi connectivity index (χ2n) is 5.30. The van der Waals surface area contributed by atoms with Gasteiger partial charge < -0.3 is 15.0 Å². The molecule has 0 aliphatic heterocycles. The molecule has 0 spiro atoms. The van der Waals surface area contributed by atoms with Crippen molar-refractivity contribution in [2.45, 2.75) is 32.9 Å². The summed E-state index contributed by atoms with van der Waals surface area (Å²) in [6.07, 6.45) is -0.107. The first-order chi connectivity index (χ1) is 9.31. The van der Waals surface area contributed by atoms with Crippen LogP contribution in [-0.4, -0.2) is 42.6 Å². The van der Waals surface area contributed by atoms with E-state index in [0.717, 1.165) is 12.2 Å². The molecule has 0 fully saturated rings. The number of ether oxygens (including phenoxy) is 1. The molecule has 0 aliphatic rings. The van der Waals surface area contributed by atoms with Crippen molar-refractivity contribution >= 4 is 11.4 Å². The van der Waals surface area contributed by atoms with Crippen molar-refractivity contribution in [2.24, 2.45) is 0 Å². The minimum absolute atomic E-state index is 0.00934. The molecule has 6 heteroatoms. The molecule has 1 atom stereocenters. The summed E-state index contributed by atoms with van der Waals surface area (Å²) in [5, 5.41) is 14.2. The van der Waals surface area contributed by atoms with Gasteiger partial charge in [-0.05, 0) is 40.9 Å².